The predicted octanol–water partition coefficient (Wildman–Crippen LogP) is 4.28. The number of rotatable bonds is 4. The van der Waals surface area contributed by atoms with Gasteiger partial charge in [-0.15, -0.1) is 0 Å². The molecular formula is C20H17NO3. The van der Waals surface area contributed by atoms with E-state index < -0.39 is 0 Å². The first-order chi connectivity index (χ1) is 11.7. The van der Waals surface area contributed by atoms with E-state index in [0.717, 1.165) is 17.0 Å². The Labute approximate surface area is 140 Å². The van der Waals surface area contributed by atoms with Crippen LogP contribution in [0, 0.1) is 0 Å². The van der Waals surface area contributed by atoms with Crippen molar-refractivity contribution in [3.8, 4) is 17.2 Å². The van der Waals surface area contributed by atoms with Crippen LogP contribution >= 0.6 is 0 Å². The van der Waals surface area contributed by atoms with Gasteiger partial charge in [0.05, 0.1) is 18.5 Å². The highest BCUT2D eigenvalue weighted by Crippen LogP contribution is 2.28. The highest BCUT2D eigenvalue weighted by molar-refractivity contribution is 6.15. The summed E-state index contributed by atoms with van der Waals surface area (Å²) in [4.78, 5) is 4.68. The van der Waals surface area contributed by atoms with Gasteiger partial charge in [-0.25, -0.2) is 4.99 Å². The van der Waals surface area contributed by atoms with Gasteiger partial charge in [0.15, 0.2) is 0 Å². The zero-order chi connectivity index (χ0) is 16.9. The molecule has 3 aromatic carbocycles. The molecule has 0 fully saturated rings. The van der Waals surface area contributed by atoms with Crippen LogP contribution in [-0.2, 0) is 0 Å². The number of phenolic OH excluding ortho intramolecular Hbond substituents is 2. The molecule has 2 N–H and O–H groups in total. The average Bonchev–Trinajstić information content (AvgIpc) is 2.61. The number of benzene rings is 3. The molecule has 0 aliphatic rings. The molecule has 4 nitrogen and oxygen atoms in total. The van der Waals surface area contributed by atoms with Crippen LogP contribution in [0.1, 0.15) is 11.1 Å². The normalized spacial score (nSPS) is 11.3. The Morgan fingerprint density at radius 3 is 2.21 bits per heavy atom. The van der Waals surface area contributed by atoms with E-state index in [2.05, 4.69) is 4.99 Å². The van der Waals surface area contributed by atoms with Gasteiger partial charge >= 0.3 is 0 Å². The predicted molar refractivity (Wildman–Crippen MR) is 94.5 cm³/mol. The van der Waals surface area contributed by atoms with Crippen molar-refractivity contribution in [2.24, 2.45) is 4.99 Å². The summed E-state index contributed by atoms with van der Waals surface area (Å²) in [7, 11) is 1.61. The molecule has 0 aromatic heterocycles. The first-order valence-electron chi connectivity index (χ1n) is 7.48. The van der Waals surface area contributed by atoms with Gasteiger partial charge < -0.3 is 14.9 Å². The van der Waals surface area contributed by atoms with Crippen LogP contribution < -0.4 is 4.74 Å². The maximum Gasteiger partial charge on any atom is 0.128 e. The number of methoxy groups -OCH3 is 1. The lowest BCUT2D eigenvalue weighted by molar-refractivity contribution is 0.415. The number of nitrogens with zero attached hydrogens (tertiary/aromatic N) is 1. The van der Waals surface area contributed by atoms with Crippen LogP contribution in [0.25, 0.3) is 0 Å². The second kappa shape index (κ2) is 6.87. The fourth-order valence-corrected chi connectivity index (χ4v) is 2.38. The quantitative estimate of drug-likeness (QED) is 0.706. The van der Waals surface area contributed by atoms with E-state index in [9.17, 15) is 10.2 Å². The molecule has 0 bridgehead atoms. The van der Waals surface area contributed by atoms with Crippen LogP contribution in [-0.4, -0.2) is 23.0 Å². The van der Waals surface area contributed by atoms with Crippen molar-refractivity contribution >= 4 is 11.4 Å². The standard InChI is InChI=1S/C20H17NO3/c1-24-17-10-7-14(8-11-17)20(21-15-5-3-2-4-6-15)18-12-9-16(22)13-19(18)23/h2-13,22-23H,1H3. The van der Waals surface area contributed by atoms with Gasteiger partial charge in [0.1, 0.15) is 17.2 Å². The highest BCUT2D eigenvalue weighted by Gasteiger charge is 2.13. The first-order valence-corrected chi connectivity index (χ1v) is 7.48. The van der Waals surface area contributed by atoms with Gasteiger partial charge in [-0.1, -0.05) is 18.2 Å². The zero-order valence-corrected chi connectivity index (χ0v) is 13.2. The third-order valence-electron chi connectivity index (χ3n) is 3.60. The summed E-state index contributed by atoms with van der Waals surface area (Å²) in [6.45, 7) is 0. The number of hydrogen-bond acceptors (Lipinski definition) is 4. The van der Waals surface area contributed by atoms with Crippen molar-refractivity contribution in [3.05, 3.63) is 83.9 Å². The summed E-state index contributed by atoms with van der Waals surface area (Å²) in [5.41, 5.74) is 2.76. The summed E-state index contributed by atoms with van der Waals surface area (Å²) < 4.78 is 5.19. The molecule has 0 aliphatic heterocycles. The lowest BCUT2D eigenvalue weighted by atomic mass is 10.0. The third-order valence-corrected chi connectivity index (χ3v) is 3.60. The zero-order valence-electron chi connectivity index (χ0n) is 13.2. The van der Waals surface area contributed by atoms with Crippen LogP contribution in [0.4, 0.5) is 5.69 Å². The molecule has 0 heterocycles. The fourth-order valence-electron chi connectivity index (χ4n) is 2.38. The van der Waals surface area contributed by atoms with E-state index in [0.29, 0.717) is 11.3 Å². The Kier molecular flexibility index (Phi) is 4.47. The van der Waals surface area contributed by atoms with Crippen molar-refractivity contribution in [3.63, 3.8) is 0 Å². The van der Waals surface area contributed by atoms with Crippen LogP contribution in [0.3, 0.4) is 0 Å². The maximum atomic E-state index is 10.2. The summed E-state index contributed by atoms with van der Waals surface area (Å²) in [5.74, 6) is 0.721. The lowest BCUT2D eigenvalue weighted by Gasteiger charge is -2.11. The molecular weight excluding hydrogens is 302 g/mol. The number of aliphatic imine (C=N–C) groups is 1. The first kappa shape index (κ1) is 15.6. The Balaban J connectivity index is 2.14. The Morgan fingerprint density at radius 1 is 0.875 bits per heavy atom. The second-order valence-electron chi connectivity index (χ2n) is 5.23. The molecule has 0 radical (unpaired) electrons. The number of phenols is 2. The minimum absolute atomic E-state index is 0.00467. The van der Waals surface area contributed by atoms with Crippen molar-refractivity contribution in [2.75, 3.05) is 7.11 Å². The summed E-state index contributed by atoms with van der Waals surface area (Å²) in [6, 6.07) is 21.4. The number of aromatic hydroxyl groups is 2. The molecule has 0 unspecified atom stereocenters. The van der Waals surface area contributed by atoms with E-state index in [1.54, 1.807) is 13.2 Å². The lowest BCUT2D eigenvalue weighted by Crippen LogP contribution is -2.03. The SMILES string of the molecule is COc1ccc(C(=Nc2ccccc2)c2ccc(O)cc2O)cc1. The number of ether oxygens (including phenoxy) is 1. The highest BCUT2D eigenvalue weighted by atomic mass is 16.5. The van der Waals surface area contributed by atoms with E-state index in [4.69, 9.17) is 4.74 Å². The maximum absolute atomic E-state index is 10.2. The minimum Gasteiger partial charge on any atom is -0.508 e. The largest absolute Gasteiger partial charge is 0.508 e. The smallest absolute Gasteiger partial charge is 0.128 e. The number of hydrogen-bond donors (Lipinski definition) is 2. The molecule has 0 spiro atoms. The topological polar surface area (TPSA) is 62.0 Å². The van der Waals surface area contributed by atoms with Gasteiger partial charge in [-0.05, 0) is 48.5 Å². The average molecular weight is 319 g/mol. The molecule has 4 heteroatoms. The van der Waals surface area contributed by atoms with E-state index in [1.807, 2.05) is 54.6 Å². The molecule has 3 rings (SSSR count). The van der Waals surface area contributed by atoms with E-state index >= 15 is 0 Å². The summed E-state index contributed by atoms with van der Waals surface area (Å²) in [6.07, 6.45) is 0. The molecule has 3 aromatic rings. The van der Waals surface area contributed by atoms with Gasteiger partial charge in [-0.2, -0.15) is 0 Å². The molecule has 0 atom stereocenters. The van der Waals surface area contributed by atoms with Crippen molar-refractivity contribution in [1.29, 1.82) is 0 Å². The Hall–Kier alpha value is -3.27. The molecule has 24 heavy (non-hydrogen) atoms. The van der Waals surface area contributed by atoms with E-state index in [-0.39, 0.29) is 11.5 Å². The van der Waals surface area contributed by atoms with Crippen LogP contribution in [0.2, 0.25) is 0 Å². The Morgan fingerprint density at radius 2 is 1.58 bits per heavy atom. The monoisotopic (exact) mass is 319 g/mol. The molecule has 0 aliphatic carbocycles. The molecule has 0 saturated heterocycles. The minimum atomic E-state index is -0.0273. The van der Waals surface area contributed by atoms with Gasteiger partial charge in [0.2, 0.25) is 0 Å². The second-order valence-corrected chi connectivity index (χ2v) is 5.23. The van der Waals surface area contributed by atoms with Crippen molar-refractivity contribution in [2.45, 2.75) is 0 Å². The summed E-state index contributed by atoms with van der Waals surface area (Å²) >= 11 is 0. The summed E-state index contributed by atoms with van der Waals surface area (Å²) in [5, 5.41) is 19.8. The Bertz CT molecular complexity index is 856. The molecule has 120 valence electrons. The fraction of sp³-hybridized carbons (Fsp3) is 0.0500. The van der Waals surface area contributed by atoms with Gasteiger partial charge in [0, 0.05) is 17.2 Å². The van der Waals surface area contributed by atoms with Gasteiger partial charge in [-0.3, -0.25) is 0 Å². The van der Waals surface area contributed by atoms with Gasteiger partial charge in [0.25, 0.3) is 0 Å². The number of para-hydroxylation sites is 1. The van der Waals surface area contributed by atoms with E-state index in [1.165, 1.54) is 12.1 Å². The van der Waals surface area contributed by atoms with Crippen LogP contribution in [0.5, 0.6) is 17.2 Å². The van der Waals surface area contributed by atoms with Crippen molar-refractivity contribution < 1.29 is 14.9 Å². The van der Waals surface area contributed by atoms with Crippen molar-refractivity contribution in [1.82, 2.24) is 0 Å². The molecule has 0 saturated carbocycles. The third kappa shape index (κ3) is 3.38. The van der Waals surface area contributed by atoms with Crippen LogP contribution in [0.15, 0.2) is 77.8 Å². The molecule has 0 amide bonds.